The molecule has 20 heavy (non-hydrogen) atoms. The molecule has 0 saturated carbocycles. The molecule has 1 aromatic carbocycles. The van der Waals surface area contributed by atoms with Gasteiger partial charge in [-0.05, 0) is 37.3 Å². The van der Waals surface area contributed by atoms with Gasteiger partial charge < -0.3 is 10.5 Å². The van der Waals surface area contributed by atoms with Crippen molar-refractivity contribution in [2.75, 3.05) is 12.3 Å². The van der Waals surface area contributed by atoms with E-state index in [-0.39, 0.29) is 5.92 Å². The van der Waals surface area contributed by atoms with Crippen molar-refractivity contribution in [3.05, 3.63) is 46.9 Å². The van der Waals surface area contributed by atoms with Gasteiger partial charge >= 0.3 is 0 Å². The van der Waals surface area contributed by atoms with Crippen molar-refractivity contribution in [3.63, 3.8) is 0 Å². The summed E-state index contributed by atoms with van der Waals surface area (Å²) in [4.78, 5) is 9.27. The Morgan fingerprint density at radius 3 is 3.00 bits per heavy atom. The highest BCUT2D eigenvalue weighted by molar-refractivity contribution is 5.45. The van der Waals surface area contributed by atoms with Gasteiger partial charge in [0.2, 0.25) is 0 Å². The lowest BCUT2D eigenvalue weighted by Gasteiger charge is -2.24. The highest BCUT2D eigenvalue weighted by Crippen LogP contribution is 2.33. The number of nitrogen functional groups attached to an aromatic ring is 1. The average molecular weight is 267 g/mol. The normalized spacial score (nSPS) is 20.1. The third kappa shape index (κ3) is 1.83. The number of nitrogens with zero attached hydrogens (tertiary/aromatic N) is 2. The molecule has 1 aliphatic heterocycles. The summed E-state index contributed by atoms with van der Waals surface area (Å²) in [5.41, 5.74) is 9.61. The minimum Gasteiger partial charge on any atom is -0.493 e. The van der Waals surface area contributed by atoms with E-state index in [0.717, 1.165) is 48.5 Å². The van der Waals surface area contributed by atoms with Crippen molar-refractivity contribution in [2.24, 2.45) is 0 Å². The second-order valence-electron chi connectivity index (χ2n) is 5.57. The lowest BCUT2D eigenvalue weighted by molar-refractivity contribution is 0.257. The first kappa shape index (κ1) is 11.7. The van der Waals surface area contributed by atoms with E-state index in [2.05, 4.69) is 11.1 Å². The maximum atomic E-state index is 6.08. The van der Waals surface area contributed by atoms with E-state index in [4.69, 9.17) is 15.5 Å². The molecular formula is C16H17N3O. The van der Waals surface area contributed by atoms with Gasteiger partial charge in [0.15, 0.2) is 0 Å². The maximum Gasteiger partial charge on any atom is 0.137 e. The fourth-order valence-electron chi connectivity index (χ4n) is 3.16. The van der Waals surface area contributed by atoms with Crippen LogP contribution in [0.3, 0.4) is 0 Å². The predicted octanol–water partition coefficient (Wildman–Crippen LogP) is 2.27. The molecule has 2 N–H and O–H groups in total. The molecular weight excluding hydrogens is 250 g/mol. The molecule has 4 rings (SSSR count). The van der Waals surface area contributed by atoms with Crippen LogP contribution in [0.1, 0.15) is 35.0 Å². The number of ether oxygens (including phenoxy) is 1. The van der Waals surface area contributed by atoms with Gasteiger partial charge in [0.05, 0.1) is 12.5 Å². The molecule has 1 aromatic heterocycles. The van der Waals surface area contributed by atoms with Gasteiger partial charge in [-0.1, -0.05) is 18.2 Å². The van der Waals surface area contributed by atoms with Gasteiger partial charge in [-0.3, -0.25) is 0 Å². The number of hydrogen-bond acceptors (Lipinski definition) is 4. The Bertz CT molecular complexity index is 669. The van der Waals surface area contributed by atoms with Crippen LogP contribution in [0.4, 0.5) is 5.82 Å². The van der Waals surface area contributed by atoms with Gasteiger partial charge in [0, 0.05) is 11.3 Å². The first-order chi connectivity index (χ1) is 9.81. The van der Waals surface area contributed by atoms with Crippen LogP contribution in [0.25, 0.3) is 0 Å². The van der Waals surface area contributed by atoms with Crippen LogP contribution in [-0.2, 0) is 19.3 Å². The molecule has 1 aliphatic carbocycles. The average Bonchev–Trinajstić information content (AvgIpc) is 2.96. The second kappa shape index (κ2) is 4.47. The third-order valence-corrected chi connectivity index (χ3v) is 4.23. The van der Waals surface area contributed by atoms with E-state index >= 15 is 0 Å². The summed E-state index contributed by atoms with van der Waals surface area (Å²) in [6.45, 7) is 0.634. The molecule has 2 heterocycles. The Morgan fingerprint density at radius 1 is 1.15 bits per heavy atom. The lowest BCUT2D eigenvalue weighted by atomic mass is 9.96. The number of nitrogens with two attached hydrogens (primary N) is 1. The number of aryl methyl sites for hydroxylation is 1. The van der Waals surface area contributed by atoms with Gasteiger partial charge in [0.25, 0.3) is 0 Å². The zero-order chi connectivity index (χ0) is 13.5. The Kier molecular flexibility index (Phi) is 2.62. The summed E-state index contributed by atoms with van der Waals surface area (Å²) in [6.07, 6.45) is 4.11. The summed E-state index contributed by atoms with van der Waals surface area (Å²) in [7, 11) is 0. The van der Waals surface area contributed by atoms with Crippen molar-refractivity contribution in [1.82, 2.24) is 9.97 Å². The minimum absolute atomic E-state index is 0.207. The van der Waals surface area contributed by atoms with Crippen LogP contribution in [-0.4, -0.2) is 16.6 Å². The molecule has 0 radical (unpaired) electrons. The Labute approximate surface area is 118 Å². The lowest BCUT2D eigenvalue weighted by Crippen LogP contribution is -2.22. The Morgan fingerprint density at radius 2 is 2.05 bits per heavy atom. The molecule has 0 fully saturated rings. The van der Waals surface area contributed by atoms with Gasteiger partial charge in [-0.25, -0.2) is 9.97 Å². The van der Waals surface area contributed by atoms with Crippen molar-refractivity contribution in [3.8, 4) is 5.75 Å². The number of para-hydroxylation sites is 1. The summed E-state index contributed by atoms with van der Waals surface area (Å²) in [6, 6.07) is 8.17. The number of rotatable bonds is 1. The smallest absolute Gasteiger partial charge is 0.137 e. The first-order valence-electron chi connectivity index (χ1n) is 7.17. The SMILES string of the molecule is Nc1nc(C2COc3ccccc3C2)nc2c1CCC2. The van der Waals surface area contributed by atoms with Crippen LogP contribution >= 0.6 is 0 Å². The number of anilines is 1. The predicted molar refractivity (Wildman–Crippen MR) is 76.9 cm³/mol. The van der Waals surface area contributed by atoms with E-state index in [0.29, 0.717) is 12.4 Å². The van der Waals surface area contributed by atoms with Gasteiger partial charge in [-0.2, -0.15) is 0 Å². The van der Waals surface area contributed by atoms with E-state index in [1.54, 1.807) is 0 Å². The van der Waals surface area contributed by atoms with Crippen molar-refractivity contribution in [1.29, 1.82) is 0 Å². The molecule has 0 saturated heterocycles. The highest BCUT2D eigenvalue weighted by atomic mass is 16.5. The second-order valence-corrected chi connectivity index (χ2v) is 5.57. The first-order valence-corrected chi connectivity index (χ1v) is 7.17. The maximum absolute atomic E-state index is 6.08. The summed E-state index contributed by atoms with van der Waals surface area (Å²) in [5, 5.41) is 0. The fraction of sp³-hybridized carbons (Fsp3) is 0.375. The van der Waals surface area contributed by atoms with E-state index in [1.165, 1.54) is 5.56 Å². The van der Waals surface area contributed by atoms with E-state index < -0.39 is 0 Å². The largest absolute Gasteiger partial charge is 0.493 e. The molecule has 0 amide bonds. The molecule has 4 nitrogen and oxygen atoms in total. The molecule has 2 aromatic rings. The fourth-order valence-corrected chi connectivity index (χ4v) is 3.16. The van der Waals surface area contributed by atoms with Crippen molar-refractivity contribution in [2.45, 2.75) is 31.6 Å². The van der Waals surface area contributed by atoms with Crippen LogP contribution in [0, 0.1) is 0 Å². The van der Waals surface area contributed by atoms with Crippen LogP contribution in [0.2, 0.25) is 0 Å². The summed E-state index contributed by atoms with van der Waals surface area (Å²) >= 11 is 0. The summed E-state index contributed by atoms with van der Waals surface area (Å²) < 4.78 is 5.83. The minimum atomic E-state index is 0.207. The number of benzene rings is 1. The molecule has 0 spiro atoms. The molecule has 1 atom stereocenters. The molecule has 0 bridgehead atoms. The number of fused-ring (bicyclic) bond motifs is 2. The zero-order valence-electron chi connectivity index (χ0n) is 11.3. The van der Waals surface area contributed by atoms with E-state index in [1.807, 2.05) is 18.2 Å². The quantitative estimate of drug-likeness (QED) is 0.861. The highest BCUT2D eigenvalue weighted by Gasteiger charge is 2.26. The number of hydrogen-bond donors (Lipinski definition) is 1. The van der Waals surface area contributed by atoms with Crippen molar-refractivity contribution >= 4 is 5.82 Å². The third-order valence-electron chi connectivity index (χ3n) is 4.23. The summed E-state index contributed by atoms with van der Waals surface area (Å²) in [5.74, 6) is 2.70. The number of aromatic nitrogens is 2. The Balaban J connectivity index is 1.68. The monoisotopic (exact) mass is 267 g/mol. The van der Waals surface area contributed by atoms with Crippen LogP contribution in [0.15, 0.2) is 24.3 Å². The molecule has 102 valence electrons. The standard InChI is InChI=1S/C16H17N3O/c17-15-12-5-3-6-13(12)18-16(19-15)11-8-10-4-1-2-7-14(10)20-9-11/h1-2,4,7,11H,3,5-6,8-9H2,(H2,17,18,19). The topological polar surface area (TPSA) is 61.0 Å². The van der Waals surface area contributed by atoms with Crippen molar-refractivity contribution < 1.29 is 4.74 Å². The molecule has 4 heteroatoms. The van der Waals surface area contributed by atoms with Crippen LogP contribution < -0.4 is 10.5 Å². The van der Waals surface area contributed by atoms with Crippen LogP contribution in [0.5, 0.6) is 5.75 Å². The molecule has 1 unspecified atom stereocenters. The van der Waals surface area contributed by atoms with Gasteiger partial charge in [0.1, 0.15) is 17.4 Å². The molecule has 2 aliphatic rings. The van der Waals surface area contributed by atoms with Gasteiger partial charge in [-0.15, -0.1) is 0 Å². The van der Waals surface area contributed by atoms with E-state index in [9.17, 15) is 0 Å². The zero-order valence-corrected chi connectivity index (χ0v) is 11.3. The Hall–Kier alpha value is -2.10.